The monoisotopic (exact) mass is 418 g/mol. The van der Waals surface area contributed by atoms with E-state index in [9.17, 15) is 14.0 Å². The van der Waals surface area contributed by atoms with Crippen molar-refractivity contribution in [2.24, 2.45) is 0 Å². The molecule has 31 heavy (non-hydrogen) atoms. The summed E-state index contributed by atoms with van der Waals surface area (Å²) < 4.78 is 16.3. The lowest BCUT2D eigenvalue weighted by atomic mass is 10.1. The van der Waals surface area contributed by atoms with Gasteiger partial charge in [0.15, 0.2) is 0 Å². The SMILES string of the molecule is CCC(C)NC(=O)c1cn(Cc2ccc(F)cc2)cc2c(=O)n(-c3ccccc3)nc1-2. The van der Waals surface area contributed by atoms with Gasteiger partial charge >= 0.3 is 0 Å². The number of amides is 1. The molecule has 0 radical (unpaired) electrons. The summed E-state index contributed by atoms with van der Waals surface area (Å²) in [6.07, 6.45) is 4.15. The zero-order chi connectivity index (χ0) is 22.0. The number of nitrogens with zero attached hydrogens (tertiary/aromatic N) is 3. The number of halogens is 1. The number of fused-ring (bicyclic) bond motifs is 1. The van der Waals surface area contributed by atoms with Crippen molar-refractivity contribution in [3.05, 3.63) is 94.3 Å². The number of pyridine rings is 1. The maximum atomic E-state index is 13.3. The maximum Gasteiger partial charge on any atom is 0.282 e. The molecular formula is C24H23FN4O2. The molecule has 2 heterocycles. The van der Waals surface area contributed by atoms with Gasteiger partial charge in [-0.2, -0.15) is 9.78 Å². The van der Waals surface area contributed by atoms with E-state index in [4.69, 9.17) is 0 Å². The van der Waals surface area contributed by atoms with Crippen LogP contribution >= 0.6 is 0 Å². The number of rotatable bonds is 6. The molecule has 0 spiro atoms. The minimum atomic E-state index is -0.316. The van der Waals surface area contributed by atoms with Crippen molar-refractivity contribution in [1.29, 1.82) is 0 Å². The van der Waals surface area contributed by atoms with E-state index < -0.39 is 0 Å². The van der Waals surface area contributed by atoms with Crippen molar-refractivity contribution >= 4 is 5.91 Å². The van der Waals surface area contributed by atoms with Crippen molar-refractivity contribution < 1.29 is 9.18 Å². The Morgan fingerprint density at radius 1 is 1.10 bits per heavy atom. The third-order valence-electron chi connectivity index (χ3n) is 5.24. The Balaban J connectivity index is 1.84. The van der Waals surface area contributed by atoms with Crippen molar-refractivity contribution in [2.45, 2.75) is 32.9 Å². The van der Waals surface area contributed by atoms with Crippen molar-refractivity contribution in [1.82, 2.24) is 19.7 Å². The molecule has 1 unspecified atom stereocenters. The lowest BCUT2D eigenvalue weighted by molar-refractivity contribution is 0.0939. The summed E-state index contributed by atoms with van der Waals surface area (Å²) in [5.41, 5.74) is 2.20. The first-order valence-corrected chi connectivity index (χ1v) is 10.2. The van der Waals surface area contributed by atoms with E-state index in [0.29, 0.717) is 29.1 Å². The second-order valence-corrected chi connectivity index (χ2v) is 7.57. The van der Waals surface area contributed by atoms with Crippen LogP contribution in [0.2, 0.25) is 0 Å². The first-order chi connectivity index (χ1) is 15.0. The highest BCUT2D eigenvalue weighted by molar-refractivity contribution is 6.00. The van der Waals surface area contributed by atoms with Crippen LogP contribution in [-0.2, 0) is 6.54 Å². The molecule has 0 bridgehead atoms. The molecule has 7 heteroatoms. The normalized spacial score (nSPS) is 12.1. The van der Waals surface area contributed by atoms with Gasteiger partial charge in [0.05, 0.1) is 16.8 Å². The Morgan fingerprint density at radius 2 is 1.81 bits per heavy atom. The van der Waals surface area contributed by atoms with Crippen LogP contribution in [0.25, 0.3) is 16.9 Å². The Kier molecular flexibility index (Phi) is 5.66. The Bertz CT molecular complexity index is 1230. The second kappa shape index (κ2) is 8.55. The first kappa shape index (κ1) is 20.5. The maximum absolute atomic E-state index is 13.3. The number of hydrogen-bond donors (Lipinski definition) is 1. The van der Waals surface area contributed by atoms with Crippen molar-refractivity contribution in [2.75, 3.05) is 0 Å². The minimum absolute atomic E-state index is 0.0174. The van der Waals surface area contributed by atoms with Crippen LogP contribution in [0.15, 0.2) is 71.8 Å². The average Bonchev–Trinajstić information content (AvgIpc) is 3.11. The zero-order valence-corrected chi connectivity index (χ0v) is 17.4. The van der Waals surface area contributed by atoms with E-state index >= 15 is 0 Å². The molecule has 0 saturated carbocycles. The van der Waals surface area contributed by atoms with Gasteiger partial charge < -0.3 is 9.88 Å². The van der Waals surface area contributed by atoms with Crippen LogP contribution in [0.3, 0.4) is 0 Å². The smallest absolute Gasteiger partial charge is 0.282 e. The van der Waals surface area contributed by atoms with Crippen LogP contribution in [-0.4, -0.2) is 26.3 Å². The molecular weight excluding hydrogens is 395 g/mol. The summed E-state index contributed by atoms with van der Waals surface area (Å²) in [6.45, 7) is 4.29. The van der Waals surface area contributed by atoms with Gasteiger partial charge in [0.2, 0.25) is 0 Å². The highest BCUT2D eigenvalue weighted by Crippen LogP contribution is 2.23. The molecule has 158 valence electrons. The van der Waals surface area contributed by atoms with Gasteiger partial charge in [0, 0.05) is 25.0 Å². The number of carbonyl (C=O) groups is 1. The Hall–Kier alpha value is -3.74. The summed E-state index contributed by atoms with van der Waals surface area (Å²) >= 11 is 0. The Morgan fingerprint density at radius 3 is 2.48 bits per heavy atom. The van der Waals surface area contributed by atoms with Crippen LogP contribution in [0.5, 0.6) is 0 Å². The number of para-hydroxylation sites is 1. The second-order valence-electron chi connectivity index (χ2n) is 7.57. The average molecular weight is 418 g/mol. The number of aromatic nitrogens is 3. The van der Waals surface area contributed by atoms with Gasteiger partial charge in [-0.25, -0.2) is 4.39 Å². The standard InChI is InChI=1S/C24H23FN4O2/c1-3-16(2)26-23(30)20-14-28(13-17-9-11-18(25)12-10-17)15-21-22(20)27-29(24(21)31)19-7-5-4-6-8-19/h4-12,14-16H,3,13H2,1-2H3,(H,26,30). The lowest BCUT2D eigenvalue weighted by Crippen LogP contribution is -2.32. The minimum Gasteiger partial charge on any atom is -0.349 e. The molecule has 0 aromatic heterocycles. The van der Waals surface area contributed by atoms with Gasteiger partial charge in [-0.15, -0.1) is 0 Å². The van der Waals surface area contributed by atoms with Crippen LogP contribution < -0.4 is 10.9 Å². The number of benzene rings is 2. The summed E-state index contributed by atoms with van der Waals surface area (Å²) in [5.74, 6) is -0.602. The third kappa shape index (κ3) is 4.26. The van der Waals surface area contributed by atoms with Gasteiger partial charge in [-0.1, -0.05) is 37.3 Å². The zero-order valence-electron chi connectivity index (χ0n) is 17.4. The number of carbonyl (C=O) groups excluding carboxylic acids is 1. The summed E-state index contributed by atoms with van der Waals surface area (Å²) in [7, 11) is 0. The van der Waals surface area contributed by atoms with E-state index in [1.54, 1.807) is 41.2 Å². The topological polar surface area (TPSA) is 68.9 Å². The molecule has 2 aliphatic rings. The fourth-order valence-electron chi connectivity index (χ4n) is 3.37. The molecule has 4 rings (SSSR count). The number of hydrogen-bond acceptors (Lipinski definition) is 3. The summed E-state index contributed by atoms with van der Waals surface area (Å²) in [4.78, 5) is 26.1. The predicted octanol–water partition coefficient (Wildman–Crippen LogP) is 3.85. The van der Waals surface area contributed by atoms with Gasteiger partial charge in [-0.05, 0) is 43.2 Å². The van der Waals surface area contributed by atoms with Crippen molar-refractivity contribution in [3.63, 3.8) is 0 Å². The largest absolute Gasteiger partial charge is 0.349 e. The lowest BCUT2D eigenvalue weighted by Gasteiger charge is -2.15. The molecule has 2 aromatic rings. The molecule has 0 aliphatic carbocycles. The molecule has 6 nitrogen and oxygen atoms in total. The van der Waals surface area contributed by atoms with Crippen LogP contribution in [0, 0.1) is 5.82 Å². The fraction of sp³-hybridized carbons (Fsp3) is 0.208. The quantitative estimate of drug-likeness (QED) is 0.517. The van der Waals surface area contributed by atoms with Crippen molar-refractivity contribution in [3.8, 4) is 16.9 Å². The highest BCUT2D eigenvalue weighted by Gasteiger charge is 2.25. The van der Waals surface area contributed by atoms with E-state index in [-0.39, 0.29) is 23.3 Å². The third-order valence-corrected chi connectivity index (χ3v) is 5.24. The van der Waals surface area contributed by atoms with Gasteiger partial charge in [0.1, 0.15) is 11.5 Å². The molecule has 2 aliphatic heterocycles. The van der Waals surface area contributed by atoms with Gasteiger partial charge in [-0.3, -0.25) is 9.59 Å². The van der Waals surface area contributed by atoms with Crippen LogP contribution in [0.1, 0.15) is 36.2 Å². The predicted molar refractivity (Wildman–Crippen MR) is 117 cm³/mol. The summed E-state index contributed by atoms with van der Waals surface area (Å²) in [6, 6.07) is 15.2. The van der Waals surface area contributed by atoms with E-state index in [1.807, 2.05) is 32.0 Å². The fourth-order valence-corrected chi connectivity index (χ4v) is 3.37. The van der Waals surface area contributed by atoms with E-state index in [1.165, 1.54) is 16.8 Å². The summed E-state index contributed by atoms with van der Waals surface area (Å²) in [5, 5.41) is 7.43. The molecule has 1 amide bonds. The highest BCUT2D eigenvalue weighted by atomic mass is 19.1. The Labute approximate surface area is 179 Å². The molecule has 1 N–H and O–H groups in total. The molecule has 2 aromatic carbocycles. The molecule has 0 saturated heterocycles. The molecule has 0 fully saturated rings. The van der Waals surface area contributed by atoms with E-state index in [0.717, 1.165) is 12.0 Å². The van der Waals surface area contributed by atoms with Gasteiger partial charge in [0.25, 0.3) is 11.5 Å². The number of nitrogens with one attached hydrogen (secondary N) is 1. The molecule has 1 atom stereocenters. The van der Waals surface area contributed by atoms with Crippen LogP contribution in [0.4, 0.5) is 4.39 Å². The first-order valence-electron chi connectivity index (χ1n) is 10.2. The van der Waals surface area contributed by atoms with E-state index in [2.05, 4.69) is 10.4 Å².